The van der Waals surface area contributed by atoms with E-state index in [0.29, 0.717) is 46.7 Å². The lowest BCUT2D eigenvalue weighted by Crippen LogP contribution is -2.36. The van der Waals surface area contributed by atoms with Gasteiger partial charge in [-0.15, -0.1) is 0 Å². The minimum Gasteiger partial charge on any atom is -0.496 e. The summed E-state index contributed by atoms with van der Waals surface area (Å²) in [5, 5.41) is 7.61. The van der Waals surface area contributed by atoms with Crippen LogP contribution in [0.4, 0.5) is 5.69 Å². The molecule has 0 aliphatic carbocycles. The third-order valence-corrected chi connectivity index (χ3v) is 5.83. The topological polar surface area (TPSA) is 90.7 Å². The zero-order chi connectivity index (χ0) is 24.1. The Bertz CT molecular complexity index is 1170. The number of benzene rings is 2. The van der Waals surface area contributed by atoms with E-state index in [2.05, 4.69) is 26.4 Å². The molecule has 1 aromatic heterocycles. The van der Waals surface area contributed by atoms with Gasteiger partial charge in [0.1, 0.15) is 29.9 Å². The van der Waals surface area contributed by atoms with Crippen molar-refractivity contribution in [2.75, 3.05) is 46.3 Å². The summed E-state index contributed by atoms with van der Waals surface area (Å²) in [6.07, 6.45) is 5.85. The lowest BCUT2D eigenvalue weighted by molar-refractivity contribution is -0.117. The molecule has 178 valence electrons. The molecule has 4 rings (SSSR count). The lowest BCUT2D eigenvalue weighted by atomic mass is 9.97. The maximum atomic E-state index is 12.8. The first-order valence-electron chi connectivity index (χ1n) is 10.7. The van der Waals surface area contributed by atoms with Gasteiger partial charge in [0.2, 0.25) is 5.91 Å². The number of carbonyl (C=O) groups excluding carboxylic acids is 1. The number of aromatic nitrogens is 3. The van der Waals surface area contributed by atoms with Crippen LogP contribution in [-0.2, 0) is 4.79 Å². The molecule has 0 saturated carbocycles. The molecule has 1 aliphatic heterocycles. The van der Waals surface area contributed by atoms with Crippen LogP contribution < -0.4 is 19.5 Å². The van der Waals surface area contributed by atoms with Crippen molar-refractivity contribution in [1.29, 1.82) is 0 Å². The highest BCUT2D eigenvalue weighted by molar-refractivity contribution is 6.31. The number of anilines is 1. The molecule has 2 aromatic carbocycles. The number of hydrogen-bond donors (Lipinski definition) is 1. The summed E-state index contributed by atoms with van der Waals surface area (Å²) >= 11 is 6.15. The van der Waals surface area contributed by atoms with Crippen LogP contribution in [0.1, 0.15) is 12.0 Å². The molecule has 0 saturated heterocycles. The molecule has 0 fully saturated rings. The van der Waals surface area contributed by atoms with Gasteiger partial charge < -0.3 is 19.5 Å². The molecule has 0 spiro atoms. The van der Waals surface area contributed by atoms with Gasteiger partial charge >= 0.3 is 0 Å². The fourth-order valence-corrected chi connectivity index (χ4v) is 4.11. The zero-order valence-electron chi connectivity index (χ0n) is 19.2. The van der Waals surface area contributed by atoms with Gasteiger partial charge in [-0.05, 0) is 30.2 Å². The van der Waals surface area contributed by atoms with Gasteiger partial charge in [0, 0.05) is 30.2 Å². The highest BCUT2D eigenvalue weighted by Gasteiger charge is 2.22. The van der Waals surface area contributed by atoms with E-state index < -0.39 is 0 Å². The van der Waals surface area contributed by atoms with Crippen molar-refractivity contribution in [2.45, 2.75) is 6.42 Å². The molecule has 1 amide bonds. The molecule has 0 radical (unpaired) electrons. The number of methoxy groups -OCH3 is 3. The molecule has 3 aromatic rings. The van der Waals surface area contributed by atoms with E-state index in [1.54, 1.807) is 50.5 Å². The van der Waals surface area contributed by atoms with E-state index >= 15 is 0 Å². The van der Waals surface area contributed by atoms with Crippen molar-refractivity contribution < 1.29 is 19.0 Å². The van der Waals surface area contributed by atoms with Crippen molar-refractivity contribution in [1.82, 2.24) is 19.7 Å². The van der Waals surface area contributed by atoms with Crippen molar-refractivity contribution in [2.24, 2.45) is 0 Å². The highest BCUT2D eigenvalue weighted by Crippen LogP contribution is 2.40. The molecule has 2 heterocycles. The standard InChI is InChI=1S/C24H26ClN5O4/c1-32-18-11-21(33-2)24(22(12-18)34-3)16-6-8-29(9-7-16)13-23(31)28-19-10-17(25)4-5-20(19)30-15-26-14-27-30/h4-6,10-12,14-15H,7-9,13H2,1-3H3,(H,28,31). The third-order valence-electron chi connectivity index (χ3n) is 5.59. The second kappa shape index (κ2) is 10.6. The van der Waals surface area contributed by atoms with Crippen molar-refractivity contribution in [3.63, 3.8) is 0 Å². The summed E-state index contributed by atoms with van der Waals surface area (Å²) < 4.78 is 18.1. The number of carbonyl (C=O) groups is 1. The van der Waals surface area contributed by atoms with E-state index in [0.717, 1.165) is 17.6 Å². The Balaban J connectivity index is 1.46. The van der Waals surface area contributed by atoms with Gasteiger partial charge in [0.25, 0.3) is 0 Å². The molecule has 0 atom stereocenters. The van der Waals surface area contributed by atoms with Crippen molar-refractivity contribution in [3.05, 3.63) is 59.6 Å². The van der Waals surface area contributed by atoms with Gasteiger partial charge in [0.05, 0.1) is 44.8 Å². The summed E-state index contributed by atoms with van der Waals surface area (Å²) in [5.41, 5.74) is 3.28. The fourth-order valence-electron chi connectivity index (χ4n) is 3.94. The molecule has 1 aliphatic rings. The second-order valence-electron chi connectivity index (χ2n) is 7.67. The van der Waals surface area contributed by atoms with Crippen molar-refractivity contribution >= 4 is 28.8 Å². The summed E-state index contributed by atoms with van der Waals surface area (Å²) in [7, 11) is 4.86. The van der Waals surface area contributed by atoms with E-state index in [1.807, 2.05) is 12.1 Å². The van der Waals surface area contributed by atoms with Crippen LogP contribution in [0.25, 0.3) is 11.3 Å². The molecule has 10 heteroatoms. The first-order chi connectivity index (χ1) is 16.5. The van der Waals surface area contributed by atoms with Gasteiger partial charge in [-0.2, -0.15) is 5.10 Å². The van der Waals surface area contributed by atoms with E-state index in [4.69, 9.17) is 25.8 Å². The van der Waals surface area contributed by atoms with Crippen LogP contribution in [0, 0.1) is 0 Å². The maximum Gasteiger partial charge on any atom is 0.238 e. The number of hydrogen-bond acceptors (Lipinski definition) is 7. The zero-order valence-corrected chi connectivity index (χ0v) is 20.0. The summed E-state index contributed by atoms with van der Waals surface area (Å²) in [4.78, 5) is 18.9. The highest BCUT2D eigenvalue weighted by atomic mass is 35.5. The van der Waals surface area contributed by atoms with E-state index in [1.165, 1.54) is 6.33 Å². The Morgan fingerprint density at radius 2 is 1.88 bits per heavy atom. The van der Waals surface area contributed by atoms with Crippen LogP contribution in [0.5, 0.6) is 17.2 Å². The molecule has 34 heavy (non-hydrogen) atoms. The largest absolute Gasteiger partial charge is 0.496 e. The number of rotatable bonds is 8. The monoisotopic (exact) mass is 483 g/mol. The second-order valence-corrected chi connectivity index (χ2v) is 8.11. The Morgan fingerprint density at radius 1 is 1.12 bits per heavy atom. The Kier molecular flexibility index (Phi) is 7.34. The SMILES string of the molecule is COc1cc(OC)c(C2=CCN(CC(=O)Nc3cc(Cl)ccc3-n3cncn3)CC2)c(OC)c1. The minimum absolute atomic E-state index is 0.139. The molecular formula is C24H26ClN5O4. The predicted octanol–water partition coefficient (Wildman–Crippen LogP) is 3.67. The number of amides is 1. The molecule has 0 unspecified atom stereocenters. The molecule has 0 bridgehead atoms. The first-order valence-corrected chi connectivity index (χ1v) is 11.1. The Morgan fingerprint density at radius 3 is 2.47 bits per heavy atom. The maximum absolute atomic E-state index is 12.8. The Labute approximate surface area is 202 Å². The van der Waals surface area contributed by atoms with Crippen LogP contribution in [-0.4, -0.2) is 66.5 Å². The van der Waals surface area contributed by atoms with E-state index in [-0.39, 0.29) is 12.5 Å². The summed E-state index contributed by atoms with van der Waals surface area (Å²) in [5.74, 6) is 1.91. The molecule has 9 nitrogen and oxygen atoms in total. The third kappa shape index (κ3) is 5.16. The minimum atomic E-state index is -0.139. The summed E-state index contributed by atoms with van der Waals surface area (Å²) in [6.45, 7) is 1.57. The average molecular weight is 484 g/mol. The summed E-state index contributed by atoms with van der Waals surface area (Å²) in [6, 6.07) is 8.92. The van der Waals surface area contributed by atoms with Crippen LogP contribution in [0.3, 0.4) is 0 Å². The smallest absolute Gasteiger partial charge is 0.238 e. The van der Waals surface area contributed by atoms with Crippen LogP contribution in [0.2, 0.25) is 5.02 Å². The van der Waals surface area contributed by atoms with Gasteiger partial charge in [0.15, 0.2) is 0 Å². The fraction of sp³-hybridized carbons (Fsp3) is 0.292. The van der Waals surface area contributed by atoms with Crippen molar-refractivity contribution in [3.8, 4) is 22.9 Å². The first kappa shape index (κ1) is 23.6. The van der Waals surface area contributed by atoms with Gasteiger partial charge in [-0.25, -0.2) is 9.67 Å². The number of nitrogens with one attached hydrogen (secondary N) is 1. The lowest BCUT2D eigenvalue weighted by Gasteiger charge is -2.27. The van der Waals surface area contributed by atoms with Crippen LogP contribution in [0.15, 0.2) is 49.1 Å². The quantitative estimate of drug-likeness (QED) is 0.522. The number of nitrogens with zero attached hydrogens (tertiary/aromatic N) is 4. The Hall–Kier alpha value is -3.56. The average Bonchev–Trinajstić information content (AvgIpc) is 3.38. The molecule has 1 N–H and O–H groups in total. The van der Waals surface area contributed by atoms with Crippen LogP contribution >= 0.6 is 11.6 Å². The number of ether oxygens (including phenoxy) is 3. The van der Waals surface area contributed by atoms with Gasteiger partial charge in [-0.1, -0.05) is 17.7 Å². The molecular weight excluding hydrogens is 458 g/mol. The normalized spacial score (nSPS) is 13.8. The predicted molar refractivity (Wildman–Crippen MR) is 130 cm³/mol. The number of halogens is 1. The van der Waals surface area contributed by atoms with Gasteiger partial charge in [-0.3, -0.25) is 9.69 Å². The van der Waals surface area contributed by atoms with E-state index in [9.17, 15) is 4.79 Å².